The van der Waals surface area contributed by atoms with Crippen LogP contribution >= 0.6 is 0 Å². The maximum atomic E-state index is 12.9. The summed E-state index contributed by atoms with van der Waals surface area (Å²) in [5.41, 5.74) is 1.89. The molecule has 6 nitrogen and oxygen atoms in total. The van der Waals surface area contributed by atoms with Gasteiger partial charge in [0.25, 0.3) is 5.91 Å². The smallest absolute Gasteiger partial charge is 0.410 e. The molecule has 0 unspecified atom stereocenters. The third-order valence-corrected chi connectivity index (χ3v) is 4.85. The molecule has 0 radical (unpaired) electrons. The molecule has 0 aliphatic carbocycles. The van der Waals surface area contributed by atoms with Crippen molar-refractivity contribution < 1.29 is 19.4 Å². The van der Waals surface area contributed by atoms with Crippen LogP contribution in [0.25, 0.3) is 11.1 Å². The Morgan fingerprint density at radius 1 is 1.03 bits per heavy atom. The Labute approximate surface area is 171 Å². The molecule has 1 N–H and O–H groups in total. The van der Waals surface area contributed by atoms with Crippen LogP contribution in [0.5, 0.6) is 5.75 Å². The summed E-state index contributed by atoms with van der Waals surface area (Å²) in [6.45, 7) is 8.84. The van der Waals surface area contributed by atoms with Gasteiger partial charge in [0.15, 0.2) is 0 Å². The minimum atomic E-state index is -0.541. The quantitative estimate of drug-likeness (QED) is 0.828. The van der Waals surface area contributed by atoms with Gasteiger partial charge in [0.2, 0.25) is 0 Å². The molecular formula is C23H28N2O4. The summed E-state index contributed by atoms with van der Waals surface area (Å²) >= 11 is 0. The number of carbonyl (C=O) groups is 2. The van der Waals surface area contributed by atoms with Crippen molar-refractivity contribution in [1.82, 2.24) is 9.80 Å². The van der Waals surface area contributed by atoms with Gasteiger partial charge < -0.3 is 19.6 Å². The van der Waals surface area contributed by atoms with Crippen molar-refractivity contribution in [2.45, 2.75) is 39.3 Å². The third kappa shape index (κ3) is 5.08. The number of ether oxygens (including phenoxy) is 1. The molecule has 1 aliphatic heterocycles. The molecule has 2 aromatic carbocycles. The van der Waals surface area contributed by atoms with Gasteiger partial charge in [-0.15, -0.1) is 0 Å². The standard InChI is InChI=1S/C23H28N2O4/c1-16-15-24(12-13-25(16)22(28)29-23(2,3)4)21(27)18-10-8-17(9-11-18)19-6-5-7-20(26)14-19/h5-11,14,16,26H,12-13,15H2,1-4H3/t16-/m0/s1. The van der Waals surface area contributed by atoms with Crippen LogP contribution in [-0.2, 0) is 4.74 Å². The molecule has 1 heterocycles. The van der Waals surface area contributed by atoms with Gasteiger partial charge in [-0.05, 0) is 63.1 Å². The van der Waals surface area contributed by atoms with Crippen LogP contribution in [0.1, 0.15) is 38.1 Å². The lowest BCUT2D eigenvalue weighted by atomic mass is 10.0. The molecule has 0 bridgehead atoms. The number of benzene rings is 2. The molecule has 29 heavy (non-hydrogen) atoms. The molecule has 6 heteroatoms. The van der Waals surface area contributed by atoms with Crippen molar-refractivity contribution in [2.75, 3.05) is 19.6 Å². The predicted molar refractivity (Wildman–Crippen MR) is 112 cm³/mol. The van der Waals surface area contributed by atoms with Crippen molar-refractivity contribution in [1.29, 1.82) is 0 Å². The normalized spacial score (nSPS) is 17.2. The number of amides is 2. The van der Waals surface area contributed by atoms with Gasteiger partial charge in [-0.2, -0.15) is 0 Å². The molecule has 3 rings (SSSR count). The number of aromatic hydroxyl groups is 1. The average molecular weight is 396 g/mol. The third-order valence-electron chi connectivity index (χ3n) is 4.85. The van der Waals surface area contributed by atoms with E-state index in [-0.39, 0.29) is 23.8 Å². The predicted octanol–water partition coefficient (Wildman–Crippen LogP) is 4.14. The number of nitrogens with zero attached hydrogens (tertiary/aromatic N) is 2. The summed E-state index contributed by atoms with van der Waals surface area (Å²) in [6, 6.07) is 14.2. The first-order chi connectivity index (χ1) is 13.6. The fourth-order valence-electron chi connectivity index (χ4n) is 3.41. The van der Waals surface area contributed by atoms with Gasteiger partial charge in [-0.25, -0.2) is 4.79 Å². The number of piperazine rings is 1. The second kappa shape index (κ2) is 8.15. The minimum Gasteiger partial charge on any atom is -0.508 e. The maximum absolute atomic E-state index is 12.9. The number of carbonyl (C=O) groups excluding carboxylic acids is 2. The summed E-state index contributed by atoms with van der Waals surface area (Å²) in [6.07, 6.45) is -0.340. The highest BCUT2D eigenvalue weighted by atomic mass is 16.6. The van der Waals surface area contributed by atoms with Crippen LogP contribution in [0.2, 0.25) is 0 Å². The van der Waals surface area contributed by atoms with Crippen LogP contribution in [0.3, 0.4) is 0 Å². The molecule has 2 amide bonds. The van der Waals surface area contributed by atoms with Crippen molar-refractivity contribution in [3.8, 4) is 16.9 Å². The van der Waals surface area contributed by atoms with E-state index in [1.807, 2.05) is 45.9 Å². The van der Waals surface area contributed by atoms with Crippen LogP contribution in [0, 0.1) is 0 Å². The highest BCUT2D eigenvalue weighted by molar-refractivity contribution is 5.95. The Morgan fingerprint density at radius 3 is 2.31 bits per heavy atom. The molecule has 0 saturated carbocycles. The lowest BCUT2D eigenvalue weighted by Crippen LogP contribution is -2.56. The topological polar surface area (TPSA) is 70.1 Å². The lowest BCUT2D eigenvalue weighted by molar-refractivity contribution is 0.00198. The zero-order valence-corrected chi connectivity index (χ0v) is 17.4. The maximum Gasteiger partial charge on any atom is 0.410 e. The molecule has 0 aromatic heterocycles. The van der Waals surface area contributed by atoms with Crippen LogP contribution < -0.4 is 0 Å². The largest absolute Gasteiger partial charge is 0.508 e. The highest BCUT2D eigenvalue weighted by Crippen LogP contribution is 2.24. The molecule has 1 aliphatic rings. The van der Waals surface area contributed by atoms with E-state index in [9.17, 15) is 14.7 Å². The van der Waals surface area contributed by atoms with Crippen molar-refractivity contribution in [3.63, 3.8) is 0 Å². The van der Waals surface area contributed by atoms with Crippen LogP contribution in [0.4, 0.5) is 4.79 Å². The van der Waals surface area contributed by atoms with E-state index in [0.717, 1.165) is 11.1 Å². The van der Waals surface area contributed by atoms with Gasteiger partial charge in [-0.3, -0.25) is 4.79 Å². The average Bonchev–Trinajstić information content (AvgIpc) is 2.66. The van der Waals surface area contributed by atoms with Crippen molar-refractivity contribution in [3.05, 3.63) is 54.1 Å². The molecule has 154 valence electrons. The molecular weight excluding hydrogens is 368 g/mol. The monoisotopic (exact) mass is 396 g/mol. The Bertz CT molecular complexity index is 886. The summed E-state index contributed by atoms with van der Waals surface area (Å²) in [5.74, 6) is 0.155. The van der Waals surface area contributed by atoms with Gasteiger partial charge in [-0.1, -0.05) is 24.3 Å². The zero-order chi connectivity index (χ0) is 21.2. The summed E-state index contributed by atoms with van der Waals surface area (Å²) < 4.78 is 5.46. The molecule has 2 aromatic rings. The SMILES string of the molecule is C[C@H]1CN(C(=O)c2ccc(-c3cccc(O)c3)cc2)CCN1C(=O)OC(C)(C)C. The number of phenolic OH excluding ortho intramolecular Hbond substituents is 1. The van der Waals surface area contributed by atoms with E-state index in [4.69, 9.17) is 4.74 Å². The van der Waals surface area contributed by atoms with Crippen molar-refractivity contribution in [2.24, 2.45) is 0 Å². The first-order valence-corrected chi connectivity index (χ1v) is 9.82. The van der Waals surface area contributed by atoms with E-state index >= 15 is 0 Å². The number of rotatable bonds is 2. The Hall–Kier alpha value is -3.02. The van der Waals surface area contributed by atoms with E-state index < -0.39 is 5.60 Å². The highest BCUT2D eigenvalue weighted by Gasteiger charge is 2.32. The molecule has 1 atom stereocenters. The summed E-state index contributed by atoms with van der Waals surface area (Å²) in [5, 5.41) is 9.64. The fourth-order valence-corrected chi connectivity index (χ4v) is 3.41. The molecule has 0 spiro atoms. The first-order valence-electron chi connectivity index (χ1n) is 9.82. The van der Waals surface area contributed by atoms with Gasteiger partial charge in [0.1, 0.15) is 11.4 Å². The van der Waals surface area contributed by atoms with Gasteiger partial charge in [0.05, 0.1) is 0 Å². The Kier molecular flexibility index (Phi) is 5.82. The fraction of sp³-hybridized carbons (Fsp3) is 0.391. The number of hydrogen-bond acceptors (Lipinski definition) is 4. The van der Waals surface area contributed by atoms with Crippen molar-refractivity contribution >= 4 is 12.0 Å². The van der Waals surface area contributed by atoms with Gasteiger partial charge >= 0.3 is 6.09 Å². The van der Waals surface area contributed by atoms with Crippen LogP contribution in [0.15, 0.2) is 48.5 Å². The number of hydrogen-bond donors (Lipinski definition) is 1. The minimum absolute atomic E-state index is 0.0526. The first kappa shape index (κ1) is 20.7. The summed E-state index contributed by atoms with van der Waals surface area (Å²) in [7, 11) is 0. The van der Waals surface area contributed by atoms with Crippen LogP contribution in [-0.4, -0.2) is 58.2 Å². The number of phenols is 1. The summed E-state index contributed by atoms with van der Waals surface area (Å²) in [4.78, 5) is 28.7. The zero-order valence-electron chi connectivity index (χ0n) is 17.4. The second-order valence-electron chi connectivity index (χ2n) is 8.40. The van der Waals surface area contributed by atoms with Gasteiger partial charge in [0, 0.05) is 31.2 Å². The van der Waals surface area contributed by atoms with E-state index in [1.165, 1.54) is 0 Å². The lowest BCUT2D eigenvalue weighted by Gasteiger charge is -2.40. The van der Waals surface area contributed by atoms with E-state index in [0.29, 0.717) is 25.2 Å². The Balaban J connectivity index is 1.65. The second-order valence-corrected chi connectivity index (χ2v) is 8.40. The van der Waals surface area contributed by atoms with E-state index in [1.54, 1.807) is 40.1 Å². The molecule has 1 saturated heterocycles. The Morgan fingerprint density at radius 2 is 1.72 bits per heavy atom. The van der Waals surface area contributed by atoms with E-state index in [2.05, 4.69) is 0 Å². The molecule has 1 fully saturated rings.